The molecule has 2 atom stereocenters. The van der Waals surface area contributed by atoms with Crippen LogP contribution in [0.25, 0.3) is 0 Å². The van der Waals surface area contributed by atoms with Gasteiger partial charge in [0, 0.05) is 57.5 Å². The molecular weight excluding hydrogens is 407 g/mol. The lowest BCUT2D eigenvalue weighted by molar-refractivity contribution is -0.0589. The lowest BCUT2D eigenvalue weighted by Crippen LogP contribution is -2.55. The molecule has 2 heterocycles. The molecule has 2 fully saturated rings. The third-order valence-corrected chi connectivity index (χ3v) is 6.19. The summed E-state index contributed by atoms with van der Waals surface area (Å²) in [5.74, 6) is 0.205. The molecule has 8 heteroatoms. The normalized spacial score (nSPS) is 22.3. The average Bonchev–Trinajstić information content (AvgIpc) is 2.71. The van der Waals surface area contributed by atoms with E-state index in [4.69, 9.17) is 16.3 Å². The summed E-state index contributed by atoms with van der Waals surface area (Å²) in [7, 11) is 0. The molecule has 0 unspecified atom stereocenters. The molecular formula is C22H34ClFN4O2. The summed E-state index contributed by atoms with van der Waals surface area (Å²) in [6.45, 7) is 13.5. The summed E-state index contributed by atoms with van der Waals surface area (Å²) in [4.78, 5) is 19.2. The summed E-state index contributed by atoms with van der Waals surface area (Å²) >= 11 is 5.79. The summed E-state index contributed by atoms with van der Waals surface area (Å²) in [5.41, 5.74) is 0.500. The van der Waals surface area contributed by atoms with Crippen molar-refractivity contribution >= 4 is 23.3 Å². The molecule has 2 amide bonds. The molecule has 30 heavy (non-hydrogen) atoms. The maximum absolute atomic E-state index is 13.3. The van der Waals surface area contributed by atoms with Crippen molar-refractivity contribution in [2.75, 3.05) is 57.7 Å². The Hall–Kier alpha value is -1.41. The lowest BCUT2D eigenvalue weighted by atomic mass is 10.0. The van der Waals surface area contributed by atoms with Crippen LogP contribution < -0.4 is 5.32 Å². The first-order valence-electron chi connectivity index (χ1n) is 10.9. The van der Waals surface area contributed by atoms with Crippen molar-refractivity contribution in [2.24, 2.45) is 5.92 Å². The van der Waals surface area contributed by atoms with E-state index < -0.39 is 5.82 Å². The van der Waals surface area contributed by atoms with Gasteiger partial charge in [-0.05, 0) is 37.5 Å². The highest BCUT2D eigenvalue weighted by atomic mass is 35.5. The number of amides is 2. The van der Waals surface area contributed by atoms with E-state index in [1.54, 1.807) is 4.90 Å². The molecule has 1 aromatic carbocycles. The SMILES string of the molecule is CC(C)C[C@@H](C)N1CCO[C@H](CN2CCN(C(=O)Nc3ccc(F)c(Cl)c3)CC2)C1. The second-order valence-corrected chi connectivity index (χ2v) is 9.22. The minimum absolute atomic E-state index is 0.00172. The second kappa shape index (κ2) is 10.8. The Kier molecular flexibility index (Phi) is 8.34. The van der Waals surface area contributed by atoms with Crippen LogP contribution in [0.3, 0.4) is 0 Å². The van der Waals surface area contributed by atoms with Crippen LogP contribution in [-0.4, -0.2) is 85.3 Å². The van der Waals surface area contributed by atoms with Gasteiger partial charge >= 0.3 is 6.03 Å². The predicted octanol–water partition coefficient (Wildman–Crippen LogP) is 3.76. The quantitative estimate of drug-likeness (QED) is 0.731. The number of hydrogen-bond acceptors (Lipinski definition) is 4. The van der Waals surface area contributed by atoms with E-state index in [0.29, 0.717) is 30.7 Å². The van der Waals surface area contributed by atoms with E-state index in [1.807, 2.05) is 0 Å². The van der Waals surface area contributed by atoms with Crippen LogP contribution >= 0.6 is 11.6 Å². The molecule has 168 valence electrons. The molecule has 0 spiro atoms. The standard InChI is InChI=1S/C22H34ClFN4O2/c1-16(2)12-17(3)28-10-11-30-19(15-28)14-26-6-8-27(9-7-26)22(29)25-18-4-5-21(24)20(23)13-18/h4-5,13,16-17,19H,6-12,14-15H2,1-3H3,(H,25,29)/t17-,19-/m1/s1. The Morgan fingerprint density at radius 2 is 1.97 bits per heavy atom. The number of carbonyl (C=O) groups is 1. The van der Waals surface area contributed by atoms with Gasteiger partial charge in [-0.3, -0.25) is 9.80 Å². The highest BCUT2D eigenvalue weighted by Gasteiger charge is 2.28. The number of morpholine rings is 1. The van der Waals surface area contributed by atoms with Crippen molar-refractivity contribution in [3.63, 3.8) is 0 Å². The summed E-state index contributed by atoms with van der Waals surface area (Å²) < 4.78 is 19.3. The smallest absolute Gasteiger partial charge is 0.321 e. The van der Waals surface area contributed by atoms with Gasteiger partial charge in [0.1, 0.15) is 5.82 Å². The van der Waals surface area contributed by atoms with Gasteiger partial charge in [0.15, 0.2) is 0 Å². The van der Waals surface area contributed by atoms with Crippen molar-refractivity contribution in [1.29, 1.82) is 0 Å². The van der Waals surface area contributed by atoms with Gasteiger partial charge in [-0.1, -0.05) is 25.4 Å². The molecule has 0 aliphatic carbocycles. The van der Waals surface area contributed by atoms with Crippen LogP contribution in [0, 0.1) is 11.7 Å². The molecule has 6 nitrogen and oxygen atoms in total. The van der Waals surface area contributed by atoms with E-state index in [1.165, 1.54) is 24.6 Å². The summed E-state index contributed by atoms with van der Waals surface area (Å²) in [5, 5.41) is 2.80. The number of rotatable bonds is 6. The maximum Gasteiger partial charge on any atom is 0.321 e. The van der Waals surface area contributed by atoms with E-state index in [9.17, 15) is 9.18 Å². The molecule has 0 saturated carbocycles. The van der Waals surface area contributed by atoms with Crippen molar-refractivity contribution < 1.29 is 13.9 Å². The van der Waals surface area contributed by atoms with Gasteiger partial charge in [0.05, 0.1) is 17.7 Å². The van der Waals surface area contributed by atoms with Crippen LogP contribution in [0.2, 0.25) is 5.02 Å². The largest absolute Gasteiger partial charge is 0.374 e. The minimum Gasteiger partial charge on any atom is -0.374 e. The number of urea groups is 1. The number of ether oxygens (including phenoxy) is 1. The third kappa shape index (κ3) is 6.54. The molecule has 1 N–H and O–H groups in total. The number of hydrogen-bond donors (Lipinski definition) is 1. The molecule has 1 aromatic rings. The Balaban J connectivity index is 1.42. The first-order valence-corrected chi connectivity index (χ1v) is 11.3. The number of anilines is 1. The summed E-state index contributed by atoms with van der Waals surface area (Å²) in [6.07, 6.45) is 1.43. The highest BCUT2D eigenvalue weighted by Crippen LogP contribution is 2.20. The topological polar surface area (TPSA) is 48.1 Å². The van der Waals surface area contributed by atoms with Crippen LogP contribution in [0.5, 0.6) is 0 Å². The minimum atomic E-state index is -0.495. The van der Waals surface area contributed by atoms with Crippen LogP contribution in [0.4, 0.5) is 14.9 Å². The third-order valence-electron chi connectivity index (χ3n) is 5.90. The second-order valence-electron chi connectivity index (χ2n) is 8.81. The number of nitrogens with one attached hydrogen (secondary N) is 1. The van der Waals surface area contributed by atoms with Crippen LogP contribution in [-0.2, 0) is 4.74 Å². The first kappa shape index (κ1) is 23.3. The molecule has 3 rings (SSSR count). The maximum atomic E-state index is 13.3. The predicted molar refractivity (Wildman–Crippen MR) is 119 cm³/mol. The molecule has 2 aliphatic rings. The monoisotopic (exact) mass is 440 g/mol. The van der Waals surface area contributed by atoms with Gasteiger partial charge < -0.3 is 15.0 Å². The molecule has 0 aromatic heterocycles. The molecule has 0 radical (unpaired) electrons. The molecule has 0 bridgehead atoms. The number of carbonyl (C=O) groups excluding carboxylic acids is 1. The summed E-state index contributed by atoms with van der Waals surface area (Å²) in [6, 6.07) is 4.60. The Bertz CT molecular complexity index is 712. The number of nitrogens with zero attached hydrogens (tertiary/aromatic N) is 3. The van der Waals surface area contributed by atoms with Crippen LogP contribution in [0.15, 0.2) is 18.2 Å². The number of piperazine rings is 1. The van der Waals surface area contributed by atoms with Gasteiger partial charge in [-0.25, -0.2) is 9.18 Å². The highest BCUT2D eigenvalue weighted by molar-refractivity contribution is 6.31. The molecule has 2 aliphatic heterocycles. The van der Waals surface area contributed by atoms with Crippen molar-refractivity contribution in [2.45, 2.75) is 39.3 Å². The fourth-order valence-corrected chi connectivity index (χ4v) is 4.46. The van der Waals surface area contributed by atoms with Gasteiger partial charge in [0.2, 0.25) is 0 Å². The zero-order valence-electron chi connectivity index (χ0n) is 18.2. The van der Waals surface area contributed by atoms with Crippen molar-refractivity contribution in [3.8, 4) is 0 Å². The lowest BCUT2D eigenvalue weighted by Gasteiger charge is -2.41. The Labute approximate surface area is 184 Å². The zero-order valence-corrected chi connectivity index (χ0v) is 19.0. The fraction of sp³-hybridized carbons (Fsp3) is 0.682. The number of benzene rings is 1. The van der Waals surface area contributed by atoms with Gasteiger partial charge in [-0.2, -0.15) is 0 Å². The van der Waals surface area contributed by atoms with Crippen molar-refractivity contribution in [3.05, 3.63) is 29.0 Å². The van der Waals surface area contributed by atoms with Gasteiger partial charge in [-0.15, -0.1) is 0 Å². The van der Waals surface area contributed by atoms with Gasteiger partial charge in [0.25, 0.3) is 0 Å². The van der Waals surface area contributed by atoms with E-state index in [-0.39, 0.29) is 17.2 Å². The Morgan fingerprint density at radius 3 is 2.63 bits per heavy atom. The Morgan fingerprint density at radius 1 is 1.23 bits per heavy atom. The van der Waals surface area contributed by atoms with E-state index in [0.717, 1.165) is 39.3 Å². The van der Waals surface area contributed by atoms with Crippen molar-refractivity contribution in [1.82, 2.24) is 14.7 Å². The first-order chi connectivity index (χ1) is 14.3. The van der Waals surface area contributed by atoms with Crippen LogP contribution in [0.1, 0.15) is 27.2 Å². The molecule has 2 saturated heterocycles. The van der Waals surface area contributed by atoms with E-state index >= 15 is 0 Å². The average molecular weight is 441 g/mol. The number of halogens is 2. The van der Waals surface area contributed by atoms with E-state index in [2.05, 4.69) is 35.9 Å². The fourth-order valence-electron chi connectivity index (χ4n) is 4.28. The zero-order chi connectivity index (χ0) is 21.7.